The Morgan fingerprint density at radius 1 is 1.16 bits per heavy atom. The molecular weight excluding hydrogens is 487 g/mol. The summed E-state index contributed by atoms with van der Waals surface area (Å²) in [5.41, 5.74) is 8.44. The second kappa shape index (κ2) is 8.59. The molecule has 2 aliphatic heterocycles. The van der Waals surface area contributed by atoms with E-state index < -0.39 is 5.60 Å². The van der Waals surface area contributed by atoms with E-state index in [2.05, 4.69) is 15.1 Å². The van der Waals surface area contributed by atoms with E-state index in [1.807, 2.05) is 35.8 Å². The predicted octanol–water partition coefficient (Wildman–Crippen LogP) is 2.99. The van der Waals surface area contributed by atoms with Gasteiger partial charge < -0.3 is 20.6 Å². The van der Waals surface area contributed by atoms with Crippen LogP contribution in [0.2, 0.25) is 0 Å². The number of benzene rings is 1. The number of nitrogen functional groups attached to an aromatic ring is 1. The summed E-state index contributed by atoms with van der Waals surface area (Å²) in [6.45, 7) is 8.96. The Labute approximate surface area is 219 Å². The molecule has 5 heterocycles. The van der Waals surface area contributed by atoms with E-state index in [4.69, 9.17) is 10.7 Å². The van der Waals surface area contributed by atoms with E-state index in [0.29, 0.717) is 58.8 Å². The van der Waals surface area contributed by atoms with Crippen molar-refractivity contribution in [3.05, 3.63) is 52.7 Å². The number of rotatable bonds is 3. The number of nitrogens with zero attached hydrogens (tertiary/aromatic N) is 7. The van der Waals surface area contributed by atoms with Crippen molar-refractivity contribution in [3.8, 4) is 0 Å². The number of likely N-dealkylation sites (tertiary alicyclic amines) is 1. The van der Waals surface area contributed by atoms with Crippen molar-refractivity contribution in [1.82, 2.24) is 29.5 Å². The third kappa shape index (κ3) is 4.01. The lowest BCUT2D eigenvalue weighted by Gasteiger charge is -2.45. The molecule has 2 saturated heterocycles. The molecule has 1 amide bonds. The van der Waals surface area contributed by atoms with Gasteiger partial charge in [0.15, 0.2) is 11.5 Å². The Morgan fingerprint density at radius 2 is 1.92 bits per heavy atom. The Bertz CT molecular complexity index is 1590. The van der Waals surface area contributed by atoms with Gasteiger partial charge in [0.25, 0.3) is 5.91 Å². The molecule has 4 aromatic rings. The molecule has 2 fully saturated rings. The lowest BCUT2D eigenvalue weighted by molar-refractivity contribution is 0.0304. The van der Waals surface area contributed by atoms with Gasteiger partial charge in [-0.3, -0.25) is 4.79 Å². The van der Waals surface area contributed by atoms with Gasteiger partial charge in [0.2, 0.25) is 5.95 Å². The number of aromatic nitrogens is 5. The first kappa shape index (κ1) is 24.5. The van der Waals surface area contributed by atoms with Crippen molar-refractivity contribution in [3.63, 3.8) is 0 Å². The molecule has 3 aromatic heterocycles. The molecule has 38 heavy (non-hydrogen) atoms. The number of pyridine rings is 1. The number of aryl methyl sites for hydroxylation is 2. The van der Waals surface area contributed by atoms with Crippen molar-refractivity contribution < 1.29 is 14.3 Å². The molecule has 6 rings (SSSR count). The summed E-state index contributed by atoms with van der Waals surface area (Å²) in [6, 6.07) is 6.53. The minimum absolute atomic E-state index is 0.0460. The number of hydrogen-bond donors (Lipinski definition) is 2. The van der Waals surface area contributed by atoms with Gasteiger partial charge in [-0.05, 0) is 70.4 Å². The van der Waals surface area contributed by atoms with Crippen molar-refractivity contribution in [2.75, 3.05) is 30.3 Å². The number of hydrogen-bond acceptors (Lipinski definition) is 8. The van der Waals surface area contributed by atoms with Crippen LogP contribution in [0.1, 0.15) is 60.0 Å². The second-order valence-electron chi connectivity index (χ2n) is 11.0. The first-order chi connectivity index (χ1) is 18.0. The first-order valence-corrected chi connectivity index (χ1v) is 12.9. The third-order valence-corrected chi connectivity index (χ3v) is 7.77. The zero-order valence-corrected chi connectivity index (χ0v) is 21.9. The molecule has 0 unspecified atom stereocenters. The highest BCUT2D eigenvalue weighted by atomic mass is 19.1. The van der Waals surface area contributed by atoms with Gasteiger partial charge in [0, 0.05) is 37.0 Å². The smallest absolute Gasteiger partial charge is 0.255 e. The maximum Gasteiger partial charge on any atom is 0.255 e. The maximum absolute atomic E-state index is 14.2. The normalized spacial score (nSPS) is 21.2. The van der Waals surface area contributed by atoms with Crippen LogP contribution in [0.5, 0.6) is 0 Å². The number of amides is 1. The number of carbonyl (C=O) groups is 1. The predicted molar refractivity (Wildman–Crippen MR) is 142 cm³/mol. The highest BCUT2D eigenvalue weighted by Gasteiger charge is 2.38. The second-order valence-corrected chi connectivity index (χ2v) is 11.0. The van der Waals surface area contributed by atoms with Gasteiger partial charge >= 0.3 is 0 Å². The highest BCUT2D eigenvalue weighted by molar-refractivity contribution is 5.96. The van der Waals surface area contributed by atoms with Crippen LogP contribution in [-0.2, 0) is 0 Å². The number of nitrogens with two attached hydrogens (primary N) is 1. The van der Waals surface area contributed by atoms with Crippen LogP contribution in [-0.4, -0.2) is 71.8 Å². The molecule has 3 N–H and O–H groups in total. The van der Waals surface area contributed by atoms with Gasteiger partial charge in [-0.15, -0.1) is 5.10 Å². The molecule has 2 atom stereocenters. The molecule has 0 radical (unpaired) electrons. The van der Waals surface area contributed by atoms with E-state index in [-0.39, 0.29) is 29.6 Å². The van der Waals surface area contributed by atoms with Crippen molar-refractivity contribution in [2.45, 2.75) is 58.1 Å². The summed E-state index contributed by atoms with van der Waals surface area (Å²) < 4.78 is 15.7. The molecule has 0 bridgehead atoms. The molecule has 198 valence electrons. The highest BCUT2D eigenvalue weighted by Crippen LogP contribution is 2.33. The Kier molecular flexibility index (Phi) is 5.53. The lowest BCUT2D eigenvalue weighted by Crippen LogP contribution is -2.60. The number of carbonyl (C=O) groups excluding carboxylic acids is 1. The van der Waals surface area contributed by atoms with E-state index in [1.165, 1.54) is 16.6 Å². The molecule has 10 nitrogen and oxygen atoms in total. The van der Waals surface area contributed by atoms with Crippen LogP contribution in [0.4, 0.5) is 16.2 Å². The fourth-order valence-corrected chi connectivity index (χ4v) is 5.69. The molecule has 0 spiro atoms. The largest absolute Gasteiger partial charge is 0.386 e. The molecule has 0 aliphatic carbocycles. The SMILES string of the molecule is Cc1nc(N2CC(C)(O)C2)ccc1C(=O)N1C[C@H](c2nc3c4cc(F)cc(C)c4nc(N)n3n2)CC[C@@H]1C. The van der Waals surface area contributed by atoms with E-state index in [0.717, 1.165) is 18.7 Å². The van der Waals surface area contributed by atoms with Gasteiger partial charge in [-0.1, -0.05) is 0 Å². The maximum atomic E-state index is 14.2. The monoisotopic (exact) mass is 518 g/mol. The van der Waals surface area contributed by atoms with Crippen LogP contribution < -0.4 is 10.6 Å². The van der Waals surface area contributed by atoms with Crippen LogP contribution in [0.25, 0.3) is 16.6 Å². The summed E-state index contributed by atoms with van der Waals surface area (Å²) in [4.78, 5) is 31.4. The average Bonchev–Trinajstić information content (AvgIpc) is 3.30. The summed E-state index contributed by atoms with van der Waals surface area (Å²) in [6.07, 6.45) is 1.60. The number of β-amino-alcohol motifs (C(OH)–C–C–N with tert-alkyl or cyclic N) is 1. The van der Waals surface area contributed by atoms with Crippen molar-refractivity contribution in [2.24, 2.45) is 0 Å². The lowest BCUT2D eigenvalue weighted by atomic mass is 9.92. The van der Waals surface area contributed by atoms with E-state index >= 15 is 0 Å². The zero-order chi connectivity index (χ0) is 26.9. The Balaban J connectivity index is 1.28. The number of aliphatic hydroxyl groups is 1. The standard InChI is InChI=1S/C27H31FN8O2/c1-14-9-18(28)10-20-22(14)31-26(29)36-24(20)32-23(33-36)17-6-5-15(2)35(11-17)25(37)19-7-8-21(30-16(19)3)34-12-27(4,38)13-34/h7-10,15,17,38H,5-6,11-13H2,1-4H3,(H2,29,31)/t15-,17+/m0/s1. The van der Waals surface area contributed by atoms with Crippen molar-refractivity contribution >= 4 is 34.2 Å². The molecule has 1 aromatic carbocycles. The zero-order valence-electron chi connectivity index (χ0n) is 21.9. The first-order valence-electron chi connectivity index (χ1n) is 12.9. The van der Waals surface area contributed by atoms with Gasteiger partial charge in [0.05, 0.1) is 22.4 Å². The van der Waals surface area contributed by atoms with Crippen LogP contribution in [0.3, 0.4) is 0 Å². The molecule has 2 aliphatic rings. The van der Waals surface area contributed by atoms with Crippen molar-refractivity contribution in [1.29, 1.82) is 0 Å². The minimum atomic E-state index is -0.700. The van der Waals surface area contributed by atoms with Crippen LogP contribution >= 0.6 is 0 Å². The van der Waals surface area contributed by atoms with Crippen LogP contribution in [0, 0.1) is 19.7 Å². The summed E-state index contributed by atoms with van der Waals surface area (Å²) in [7, 11) is 0. The van der Waals surface area contributed by atoms with E-state index in [9.17, 15) is 14.3 Å². The summed E-state index contributed by atoms with van der Waals surface area (Å²) in [5.74, 6) is 0.952. The quantitative estimate of drug-likeness (QED) is 0.424. The van der Waals surface area contributed by atoms with Gasteiger partial charge in [-0.2, -0.15) is 4.52 Å². The average molecular weight is 519 g/mol. The Morgan fingerprint density at radius 3 is 2.63 bits per heavy atom. The van der Waals surface area contributed by atoms with E-state index in [1.54, 1.807) is 13.8 Å². The summed E-state index contributed by atoms with van der Waals surface area (Å²) in [5, 5.41) is 15.2. The fourth-order valence-electron chi connectivity index (χ4n) is 5.69. The number of fused-ring (bicyclic) bond motifs is 3. The minimum Gasteiger partial charge on any atom is -0.386 e. The Hall–Kier alpha value is -3.86. The van der Waals surface area contributed by atoms with Gasteiger partial charge in [-0.25, -0.2) is 19.3 Å². The number of anilines is 2. The number of piperidine rings is 1. The molecule has 0 saturated carbocycles. The third-order valence-electron chi connectivity index (χ3n) is 7.77. The molecular formula is C27H31FN8O2. The van der Waals surface area contributed by atoms with Gasteiger partial charge in [0.1, 0.15) is 11.6 Å². The van der Waals surface area contributed by atoms with Crippen LogP contribution in [0.15, 0.2) is 24.3 Å². The topological polar surface area (TPSA) is 126 Å². The fraction of sp³-hybridized carbons (Fsp3) is 0.444. The number of halogens is 1. The summed E-state index contributed by atoms with van der Waals surface area (Å²) >= 11 is 0. The molecule has 11 heteroatoms.